The van der Waals surface area contributed by atoms with Crippen LogP contribution in [0.2, 0.25) is 0 Å². The van der Waals surface area contributed by atoms with E-state index in [1.807, 2.05) is 6.92 Å². The molecule has 0 heterocycles. The lowest BCUT2D eigenvalue weighted by Crippen LogP contribution is -2.40. The highest BCUT2D eigenvalue weighted by atomic mass is 16.6. The molecule has 0 saturated heterocycles. The molecule has 1 aromatic rings. The van der Waals surface area contributed by atoms with Gasteiger partial charge in [0.1, 0.15) is 0 Å². The molecule has 5 nitrogen and oxygen atoms in total. The van der Waals surface area contributed by atoms with Crippen molar-refractivity contribution in [2.75, 3.05) is 12.4 Å². The van der Waals surface area contributed by atoms with Crippen molar-refractivity contribution in [3.63, 3.8) is 0 Å². The van der Waals surface area contributed by atoms with Gasteiger partial charge in [0.2, 0.25) is 0 Å². The van der Waals surface area contributed by atoms with Crippen LogP contribution in [0.3, 0.4) is 0 Å². The first-order valence-electron chi connectivity index (χ1n) is 5.64. The molecule has 1 saturated carbocycles. The fraction of sp³-hybridized carbons (Fsp3) is 0.500. The molecule has 92 valence electrons. The van der Waals surface area contributed by atoms with Crippen molar-refractivity contribution < 1.29 is 9.66 Å². The Balaban J connectivity index is 2.00. The quantitative estimate of drug-likeness (QED) is 0.644. The zero-order chi connectivity index (χ0) is 12.4. The number of nitro benzene ring substituents is 1. The molecule has 0 aromatic heterocycles. The number of methoxy groups -OCH3 is 1. The number of rotatable bonds is 4. The lowest BCUT2D eigenvalue weighted by molar-refractivity contribution is -0.384. The molecular weight excluding hydrogens is 220 g/mol. The van der Waals surface area contributed by atoms with E-state index in [1.54, 1.807) is 19.2 Å². The third-order valence-corrected chi connectivity index (χ3v) is 3.21. The zero-order valence-electron chi connectivity index (χ0n) is 9.97. The fourth-order valence-corrected chi connectivity index (χ4v) is 2.02. The smallest absolute Gasteiger partial charge is 0.269 e. The first kappa shape index (κ1) is 11.9. The maximum absolute atomic E-state index is 10.6. The number of aryl methyl sites for hydroxylation is 1. The van der Waals surface area contributed by atoms with Crippen LogP contribution in [0.15, 0.2) is 18.2 Å². The van der Waals surface area contributed by atoms with Gasteiger partial charge >= 0.3 is 0 Å². The number of anilines is 1. The normalized spacial score (nSPS) is 22.9. The van der Waals surface area contributed by atoms with Gasteiger partial charge in [-0.2, -0.15) is 0 Å². The second-order valence-corrected chi connectivity index (χ2v) is 4.43. The summed E-state index contributed by atoms with van der Waals surface area (Å²) in [4.78, 5) is 10.2. The van der Waals surface area contributed by atoms with Crippen LogP contribution in [0.25, 0.3) is 0 Å². The summed E-state index contributed by atoms with van der Waals surface area (Å²) in [6.45, 7) is 1.88. The number of nitrogens with one attached hydrogen (secondary N) is 1. The summed E-state index contributed by atoms with van der Waals surface area (Å²) in [7, 11) is 1.72. The Morgan fingerprint density at radius 1 is 1.47 bits per heavy atom. The number of benzene rings is 1. The molecule has 0 unspecified atom stereocenters. The highest BCUT2D eigenvalue weighted by molar-refractivity contribution is 5.56. The van der Waals surface area contributed by atoms with Crippen molar-refractivity contribution in [1.29, 1.82) is 0 Å². The number of hydrogen-bond acceptors (Lipinski definition) is 4. The number of nitro groups is 1. The van der Waals surface area contributed by atoms with Gasteiger partial charge in [0.05, 0.1) is 11.0 Å². The minimum atomic E-state index is -0.374. The highest BCUT2D eigenvalue weighted by Gasteiger charge is 2.29. The molecule has 1 aromatic carbocycles. The molecule has 1 fully saturated rings. The summed E-state index contributed by atoms with van der Waals surface area (Å²) in [5.74, 6) is 0. The molecule has 1 aliphatic carbocycles. The maximum atomic E-state index is 10.6. The Labute approximate surface area is 99.9 Å². The van der Waals surface area contributed by atoms with Gasteiger partial charge in [-0.1, -0.05) is 0 Å². The third kappa shape index (κ3) is 2.55. The standard InChI is InChI=1S/C12H16N2O3/c1-8-5-10(14(15)16)3-4-12(8)13-9-6-11(7-9)17-2/h3-5,9,11,13H,6-7H2,1-2H3. The number of nitrogens with zero attached hydrogens (tertiary/aromatic N) is 1. The van der Waals surface area contributed by atoms with E-state index in [4.69, 9.17) is 4.74 Å². The summed E-state index contributed by atoms with van der Waals surface area (Å²) in [6.07, 6.45) is 2.34. The summed E-state index contributed by atoms with van der Waals surface area (Å²) in [5.41, 5.74) is 2.01. The Kier molecular flexibility index (Phi) is 3.28. The third-order valence-electron chi connectivity index (χ3n) is 3.21. The predicted molar refractivity (Wildman–Crippen MR) is 65.3 cm³/mol. The van der Waals surface area contributed by atoms with Crippen LogP contribution in [0, 0.1) is 17.0 Å². The number of hydrogen-bond donors (Lipinski definition) is 1. The van der Waals surface area contributed by atoms with E-state index in [0.29, 0.717) is 12.1 Å². The molecule has 1 N–H and O–H groups in total. The van der Waals surface area contributed by atoms with E-state index in [2.05, 4.69) is 5.32 Å². The van der Waals surface area contributed by atoms with Gasteiger partial charge in [0, 0.05) is 31.0 Å². The van der Waals surface area contributed by atoms with E-state index in [9.17, 15) is 10.1 Å². The highest BCUT2D eigenvalue weighted by Crippen LogP contribution is 2.28. The van der Waals surface area contributed by atoms with Gasteiger partial charge < -0.3 is 10.1 Å². The summed E-state index contributed by atoms with van der Waals surface area (Å²) in [5, 5.41) is 14.0. The van der Waals surface area contributed by atoms with E-state index in [0.717, 1.165) is 24.1 Å². The largest absolute Gasteiger partial charge is 0.382 e. The van der Waals surface area contributed by atoms with E-state index in [1.165, 1.54) is 6.07 Å². The van der Waals surface area contributed by atoms with E-state index < -0.39 is 0 Å². The lowest BCUT2D eigenvalue weighted by Gasteiger charge is -2.35. The van der Waals surface area contributed by atoms with Crippen molar-refractivity contribution in [3.8, 4) is 0 Å². The molecule has 0 aliphatic heterocycles. The molecule has 0 spiro atoms. The predicted octanol–water partition coefficient (Wildman–Crippen LogP) is 2.49. The van der Waals surface area contributed by atoms with Crippen molar-refractivity contribution >= 4 is 11.4 Å². The first-order chi connectivity index (χ1) is 8.10. The summed E-state index contributed by atoms with van der Waals surface area (Å²) < 4.78 is 5.21. The average molecular weight is 236 g/mol. The van der Waals surface area contributed by atoms with Gasteiger partial charge in [0.25, 0.3) is 5.69 Å². The Morgan fingerprint density at radius 2 is 2.18 bits per heavy atom. The maximum Gasteiger partial charge on any atom is 0.269 e. The molecular formula is C12H16N2O3. The van der Waals surface area contributed by atoms with Gasteiger partial charge in [-0.15, -0.1) is 0 Å². The number of non-ortho nitro benzene ring substituents is 1. The van der Waals surface area contributed by atoms with Crippen LogP contribution in [0.1, 0.15) is 18.4 Å². The average Bonchev–Trinajstić information content (AvgIpc) is 2.24. The summed E-state index contributed by atoms with van der Waals surface area (Å²) in [6, 6.07) is 5.31. The Hall–Kier alpha value is -1.62. The van der Waals surface area contributed by atoms with Crippen LogP contribution >= 0.6 is 0 Å². The Bertz CT molecular complexity index is 428. The van der Waals surface area contributed by atoms with Gasteiger partial charge in [-0.25, -0.2) is 0 Å². The topological polar surface area (TPSA) is 64.4 Å². The monoisotopic (exact) mass is 236 g/mol. The van der Waals surface area contributed by atoms with Crippen molar-refractivity contribution in [1.82, 2.24) is 0 Å². The molecule has 0 amide bonds. The van der Waals surface area contributed by atoms with Gasteiger partial charge in [0.15, 0.2) is 0 Å². The SMILES string of the molecule is COC1CC(Nc2ccc([N+](=O)[O-])cc2C)C1. The van der Waals surface area contributed by atoms with Crippen LogP contribution in [0.4, 0.5) is 11.4 Å². The second kappa shape index (κ2) is 4.71. The molecule has 2 rings (SSSR count). The van der Waals surface area contributed by atoms with Crippen molar-refractivity contribution in [3.05, 3.63) is 33.9 Å². The van der Waals surface area contributed by atoms with Crippen LogP contribution in [-0.2, 0) is 4.74 Å². The van der Waals surface area contributed by atoms with Crippen molar-refractivity contribution in [2.45, 2.75) is 31.9 Å². The van der Waals surface area contributed by atoms with E-state index in [-0.39, 0.29) is 10.6 Å². The molecule has 0 radical (unpaired) electrons. The molecule has 5 heteroatoms. The Morgan fingerprint density at radius 3 is 2.71 bits per heavy atom. The molecule has 0 bridgehead atoms. The molecule has 17 heavy (non-hydrogen) atoms. The van der Waals surface area contributed by atoms with Crippen LogP contribution in [0.5, 0.6) is 0 Å². The van der Waals surface area contributed by atoms with Crippen LogP contribution in [-0.4, -0.2) is 24.2 Å². The van der Waals surface area contributed by atoms with Crippen molar-refractivity contribution in [2.24, 2.45) is 0 Å². The van der Waals surface area contributed by atoms with Gasteiger partial charge in [-0.05, 0) is 31.4 Å². The lowest BCUT2D eigenvalue weighted by atomic mass is 9.89. The fourth-order valence-electron chi connectivity index (χ4n) is 2.02. The minimum absolute atomic E-state index is 0.136. The summed E-state index contributed by atoms with van der Waals surface area (Å²) >= 11 is 0. The minimum Gasteiger partial charge on any atom is -0.382 e. The molecule has 1 aliphatic rings. The van der Waals surface area contributed by atoms with Gasteiger partial charge in [-0.3, -0.25) is 10.1 Å². The van der Waals surface area contributed by atoms with Crippen LogP contribution < -0.4 is 5.32 Å². The zero-order valence-corrected chi connectivity index (χ0v) is 9.97. The van der Waals surface area contributed by atoms with E-state index >= 15 is 0 Å². The molecule has 0 atom stereocenters. The number of ether oxygens (including phenoxy) is 1. The first-order valence-corrected chi connectivity index (χ1v) is 5.64. The second-order valence-electron chi connectivity index (χ2n) is 4.43.